The van der Waals surface area contributed by atoms with E-state index in [1.807, 2.05) is 43.1 Å². The predicted molar refractivity (Wildman–Crippen MR) is 76.4 cm³/mol. The fraction of sp³-hybridized carbons (Fsp3) is 0.571. The summed E-state index contributed by atoms with van der Waals surface area (Å²) in [5.41, 5.74) is 2.19. The zero-order valence-corrected chi connectivity index (χ0v) is 11.5. The van der Waals surface area contributed by atoms with Crippen LogP contribution in [-0.4, -0.2) is 44.6 Å². The highest BCUT2D eigenvalue weighted by Crippen LogP contribution is 2.17. The third kappa shape index (κ3) is 4.94. The number of rotatable bonds is 8. The molecule has 1 aromatic rings. The lowest BCUT2D eigenvalue weighted by molar-refractivity contribution is 0.141. The molecule has 0 aliphatic heterocycles. The van der Waals surface area contributed by atoms with E-state index in [1.54, 1.807) is 0 Å². The Bertz CT molecular complexity index is 327. The van der Waals surface area contributed by atoms with Crippen LogP contribution in [0.3, 0.4) is 0 Å². The summed E-state index contributed by atoms with van der Waals surface area (Å²) in [4.78, 5) is 2.02. The van der Waals surface area contributed by atoms with Crippen molar-refractivity contribution in [1.82, 2.24) is 0 Å². The third-order valence-electron chi connectivity index (χ3n) is 2.73. The first-order valence-corrected chi connectivity index (χ1v) is 6.43. The van der Waals surface area contributed by atoms with Gasteiger partial charge in [-0.1, -0.05) is 0 Å². The Labute approximate surface area is 110 Å². The summed E-state index contributed by atoms with van der Waals surface area (Å²) < 4.78 is 5.36. The van der Waals surface area contributed by atoms with Crippen LogP contribution in [0.1, 0.15) is 13.8 Å². The van der Waals surface area contributed by atoms with Crippen molar-refractivity contribution < 1.29 is 9.84 Å². The van der Waals surface area contributed by atoms with Gasteiger partial charge in [0.05, 0.1) is 13.2 Å². The average molecular weight is 252 g/mol. The van der Waals surface area contributed by atoms with Gasteiger partial charge in [0.15, 0.2) is 0 Å². The zero-order valence-electron chi connectivity index (χ0n) is 11.5. The van der Waals surface area contributed by atoms with E-state index in [0.717, 1.165) is 18.0 Å². The number of nitrogens with one attached hydrogen (secondary N) is 1. The van der Waals surface area contributed by atoms with Gasteiger partial charge >= 0.3 is 0 Å². The molecule has 0 amide bonds. The van der Waals surface area contributed by atoms with Crippen LogP contribution in [0, 0.1) is 0 Å². The molecule has 0 saturated heterocycles. The normalized spacial score (nSPS) is 12.2. The van der Waals surface area contributed by atoms with Gasteiger partial charge < -0.3 is 20.1 Å². The molecule has 1 atom stereocenters. The molecule has 0 aromatic heterocycles. The minimum absolute atomic E-state index is 0.169. The highest BCUT2D eigenvalue weighted by Gasteiger charge is 2.03. The number of hydrogen-bond acceptors (Lipinski definition) is 4. The molecule has 0 heterocycles. The van der Waals surface area contributed by atoms with Crippen molar-refractivity contribution in [1.29, 1.82) is 0 Å². The molecule has 2 N–H and O–H groups in total. The van der Waals surface area contributed by atoms with E-state index < -0.39 is 0 Å². The van der Waals surface area contributed by atoms with Crippen LogP contribution < -0.4 is 10.2 Å². The van der Waals surface area contributed by atoms with E-state index in [9.17, 15) is 0 Å². The number of aliphatic hydroxyl groups excluding tert-OH is 1. The van der Waals surface area contributed by atoms with Crippen molar-refractivity contribution in [3.8, 4) is 0 Å². The van der Waals surface area contributed by atoms with E-state index in [4.69, 9.17) is 9.84 Å². The monoisotopic (exact) mass is 252 g/mol. The molecular weight excluding hydrogens is 228 g/mol. The van der Waals surface area contributed by atoms with E-state index in [-0.39, 0.29) is 6.61 Å². The first-order valence-electron chi connectivity index (χ1n) is 6.43. The maximum atomic E-state index is 8.89. The van der Waals surface area contributed by atoms with Gasteiger partial charge in [-0.05, 0) is 38.1 Å². The van der Waals surface area contributed by atoms with Crippen molar-refractivity contribution in [2.24, 2.45) is 0 Å². The van der Waals surface area contributed by atoms with Gasteiger partial charge in [-0.15, -0.1) is 0 Å². The Morgan fingerprint density at radius 2 is 2.00 bits per heavy atom. The van der Waals surface area contributed by atoms with Gasteiger partial charge in [0.25, 0.3) is 0 Å². The second-order valence-electron chi connectivity index (χ2n) is 4.40. The van der Waals surface area contributed by atoms with E-state index >= 15 is 0 Å². The lowest BCUT2D eigenvalue weighted by atomic mass is 10.2. The van der Waals surface area contributed by atoms with Gasteiger partial charge in [0.1, 0.15) is 0 Å². The lowest BCUT2D eigenvalue weighted by Gasteiger charge is -2.19. The van der Waals surface area contributed by atoms with Crippen LogP contribution >= 0.6 is 0 Å². The van der Waals surface area contributed by atoms with Crippen LogP contribution in [0.25, 0.3) is 0 Å². The number of anilines is 2. The predicted octanol–water partition coefficient (Wildman–Crippen LogP) is 1.95. The molecule has 0 aliphatic carbocycles. The second-order valence-corrected chi connectivity index (χ2v) is 4.40. The summed E-state index contributed by atoms with van der Waals surface area (Å²) in [5.74, 6) is 0. The fourth-order valence-corrected chi connectivity index (χ4v) is 1.71. The molecule has 1 unspecified atom stereocenters. The summed E-state index contributed by atoms with van der Waals surface area (Å²) in [6.45, 7) is 6.37. The van der Waals surface area contributed by atoms with Crippen molar-refractivity contribution in [2.45, 2.75) is 19.9 Å². The number of aliphatic hydroxyl groups is 1. The Balaban J connectivity index is 2.49. The molecule has 0 spiro atoms. The van der Waals surface area contributed by atoms with Crippen molar-refractivity contribution in [2.75, 3.05) is 43.6 Å². The van der Waals surface area contributed by atoms with Crippen molar-refractivity contribution in [3.63, 3.8) is 0 Å². The molecule has 0 aliphatic rings. The highest BCUT2D eigenvalue weighted by atomic mass is 16.5. The first-order chi connectivity index (χ1) is 8.67. The van der Waals surface area contributed by atoms with Crippen molar-refractivity contribution >= 4 is 11.4 Å². The quantitative estimate of drug-likeness (QED) is 0.742. The van der Waals surface area contributed by atoms with E-state index in [1.165, 1.54) is 0 Å². The summed E-state index contributed by atoms with van der Waals surface area (Å²) >= 11 is 0. The van der Waals surface area contributed by atoms with Gasteiger partial charge in [-0.25, -0.2) is 0 Å². The molecule has 102 valence electrons. The van der Waals surface area contributed by atoms with Crippen molar-refractivity contribution in [3.05, 3.63) is 24.3 Å². The third-order valence-corrected chi connectivity index (χ3v) is 2.73. The SMILES string of the molecule is CCOCC(C)Nc1ccc(N(C)CCO)cc1. The summed E-state index contributed by atoms with van der Waals surface area (Å²) in [6.07, 6.45) is 0. The van der Waals surface area contributed by atoms with E-state index in [2.05, 4.69) is 12.2 Å². The molecule has 4 heteroatoms. The van der Waals surface area contributed by atoms with E-state index in [0.29, 0.717) is 19.2 Å². The van der Waals surface area contributed by atoms with Crippen LogP contribution in [0.15, 0.2) is 24.3 Å². The standard InChI is InChI=1S/C14H24N2O2/c1-4-18-11-12(2)15-13-5-7-14(8-6-13)16(3)9-10-17/h5-8,12,15,17H,4,9-11H2,1-3H3. The zero-order chi connectivity index (χ0) is 13.4. The fourth-order valence-electron chi connectivity index (χ4n) is 1.71. The summed E-state index contributed by atoms with van der Waals surface area (Å²) in [7, 11) is 1.97. The number of likely N-dealkylation sites (N-methyl/N-ethyl adjacent to an activating group) is 1. The van der Waals surface area contributed by atoms with Crippen LogP contribution in [0.5, 0.6) is 0 Å². The molecule has 4 nitrogen and oxygen atoms in total. The molecular formula is C14H24N2O2. The number of nitrogens with zero attached hydrogens (tertiary/aromatic N) is 1. The Hall–Kier alpha value is -1.26. The average Bonchev–Trinajstić information content (AvgIpc) is 2.37. The minimum Gasteiger partial charge on any atom is -0.395 e. The van der Waals surface area contributed by atoms with Gasteiger partial charge in [-0.2, -0.15) is 0 Å². The lowest BCUT2D eigenvalue weighted by Crippen LogP contribution is -2.22. The minimum atomic E-state index is 0.169. The summed E-state index contributed by atoms with van der Waals surface area (Å²) in [6, 6.07) is 8.49. The van der Waals surface area contributed by atoms with Crippen LogP contribution in [0.4, 0.5) is 11.4 Å². The largest absolute Gasteiger partial charge is 0.395 e. The Morgan fingerprint density at radius 1 is 1.33 bits per heavy atom. The number of ether oxygens (including phenoxy) is 1. The first kappa shape index (κ1) is 14.8. The topological polar surface area (TPSA) is 44.7 Å². The molecule has 1 aromatic carbocycles. The molecule has 0 fully saturated rings. The maximum Gasteiger partial charge on any atom is 0.0664 e. The Morgan fingerprint density at radius 3 is 2.56 bits per heavy atom. The molecule has 1 rings (SSSR count). The molecule has 0 saturated carbocycles. The van der Waals surface area contributed by atoms with Crippen LogP contribution in [-0.2, 0) is 4.74 Å². The van der Waals surface area contributed by atoms with Gasteiger partial charge in [-0.3, -0.25) is 0 Å². The number of benzene rings is 1. The van der Waals surface area contributed by atoms with Gasteiger partial charge in [0.2, 0.25) is 0 Å². The highest BCUT2D eigenvalue weighted by molar-refractivity contribution is 5.55. The molecule has 18 heavy (non-hydrogen) atoms. The maximum absolute atomic E-state index is 8.89. The summed E-state index contributed by atoms with van der Waals surface area (Å²) in [5, 5.41) is 12.3. The number of hydrogen-bond donors (Lipinski definition) is 2. The van der Waals surface area contributed by atoms with Crippen LogP contribution in [0.2, 0.25) is 0 Å². The van der Waals surface area contributed by atoms with Gasteiger partial charge in [0, 0.05) is 37.6 Å². The smallest absolute Gasteiger partial charge is 0.0664 e. The second kappa shape index (κ2) is 7.95. The Kier molecular flexibility index (Phi) is 6.54. The molecule has 0 bridgehead atoms. The molecule has 0 radical (unpaired) electrons.